The van der Waals surface area contributed by atoms with Crippen LogP contribution in [-0.2, 0) is 19.1 Å². The number of hydrogen-bond acceptors (Lipinski definition) is 7. The van der Waals surface area contributed by atoms with Crippen LogP contribution >= 0.6 is 0 Å². The number of Topliss-reactive ketones (excluding diaryl/α,β-unsaturated/α-hetero) is 1. The number of carbonyl (C=O) groups is 2. The molecule has 1 aliphatic carbocycles. The lowest BCUT2D eigenvalue weighted by Gasteiger charge is -2.35. The van der Waals surface area contributed by atoms with E-state index in [2.05, 4.69) is 4.99 Å². The Morgan fingerprint density at radius 1 is 1.19 bits per heavy atom. The van der Waals surface area contributed by atoms with Gasteiger partial charge in [0, 0.05) is 41.5 Å². The number of rotatable bonds is 6. The maximum atomic E-state index is 13.3. The number of aliphatic imine (C=N–C) groups is 1. The highest BCUT2D eigenvalue weighted by molar-refractivity contribution is 6.09. The maximum Gasteiger partial charge on any atom is 0.315 e. The van der Waals surface area contributed by atoms with E-state index in [9.17, 15) is 9.59 Å². The van der Waals surface area contributed by atoms with Gasteiger partial charge < -0.3 is 18.9 Å². The van der Waals surface area contributed by atoms with Crippen molar-refractivity contribution < 1.29 is 28.5 Å². The van der Waals surface area contributed by atoms with Gasteiger partial charge in [-0.3, -0.25) is 14.6 Å². The third-order valence-corrected chi connectivity index (χ3v) is 6.30. The number of allylic oxidation sites excluding steroid dienone is 2. The van der Waals surface area contributed by atoms with E-state index in [1.54, 1.807) is 26.4 Å². The molecule has 2 heterocycles. The molecule has 0 saturated carbocycles. The number of ether oxygens (including phenoxy) is 4. The van der Waals surface area contributed by atoms with Crippen molar-refractivity contribution in [2.45, 2.75) is 51.0 Å². The number of benzene rings is 1. The second-order valence-corrected chi connectivity index (χ2v) is 8.22. The van der Waals surface area contributed by atoms with Gasteiger partial charge in [0.1, 0.15) is 24.0 Å². The molecule has 1 unspecified atom stereocenters. The van der Waals surface area contributed by atoms with E-state index >= 15 is 0 Å². The van der Waals surface area contributed by atoms with Crippen molar-refractivity contribution in [1.29, 1.82) is 0 Å². The predicted molar refractivity (Wildman–Crippen MR) is 115 cm³/mol. The summed E-state index contributed by atoms with van der Waals surface area (Å²) in [6, 6.07) is 5.45. The largest absolute Gasteiger partial charge is 0.497 e. The highest BCUT2D eigenvalue weighted by Gasteiger charge is 2.44. The minimum Gasteiger partial charge on any atom is -0.497 e. The molecule has 31 heavy (non-hydrogen) atoms. The van der Waals surface area contributed by atoms with E-state index in [0.717, 1.165) is 36.9 Å². The van der Waals surface area contributed by atoms with E-state index in [0.29, 0.717) is 35.8 Å². The Kier molecular flexibility index (Phi) is 6.41. The van der Waals surface area contributed by atoms with Gasteiger partial charge in [-0.05, 0) is 50.8 Å². The van der Waals surface area contributed by atoms with Gasteiger partial charge in [0.05, 0.1) is 20.3 Å². The average molecular weight is 427 g/mol. The first kappa shape index (κ1) is 21.6. The molecule has 0 aromatic heterocycles. The molecule has 2 aliphatic heterocycles. The van der Waals surface area contributed by atoms with Gasteiger partial charge in [-0.25, -0.2) is 0 Å². The number of ketones is 1. The zero-order valence-corrected chi connectivity index (χ0v) is 18.3. The van der Waals surface area contributed by atoms with Gasteiger partial charge in [-0.15, -0.1) is 0 Å². The standard InChI is InChI=1S/C24H29NO6/c1-14-21(24(27)31-13-16-6-5-11-30-16)22(23-18(25-14)7-4-8-19(23)26)17-12-15(28-2)9-10-20(17)29-3/h9-10,12,16,21-22H,4-8,11,13H2,1-3H3/t16-,21?,22-/m1/s1. The summed E-state index contributed by atoms with van der Waals surface area (Å²) in [7, 11) is 3.17. The van der Waals surface area contributed by atoms with Gasteiger partial charge in [-0.2, -0.15) is 0 Å². The Hall–Kier alpha value is -2.67. The van der Waals surface area contributed by atoms with Crippen LogP contribution in [0.5, 0.6) is 11.5 Å². The molecule has 4 rings (SSSR count). The zero-order valence-electron chi connectivity index (χ0n) is 18.3. The van der Waals surface area contributed by atoms with Gasteiger partial charge in [0.2, 0.25) is 0 Å². The minimum atomic E-state index is -0.705. The topological polar surface area (TPSA) is 83.4 Å². The van der Waals surface area contributed by atoms with E-state index in [1.807, 2.05) is 13.0 Å². The molecule has 0 bridgehead atoms. The monoisotopic (exact) mass is 427 g/mol. The quantitative estimate of drug-likeness (QED) is 0.645. The van der Waals surface area contributed by atoms with E-state index in [1.165, 1.54) is 0 Å². The first-order valence-electron chi connectivity index (χ1n) is 10.8. The summed E-state index contributed by atoms with van der Waals surface area (Å²) >= 11 is 0. The fourth-order valence-electron chi connectivity index (χ4n) is 4.77. The molecule has 166 valence electrons. The number of carbonyl (C=O) groups excluding carboxylic acids is 2. The summed E-state index contributed by atoms with van der Waals surface area (Å²) in [5.41, 5.74) is 2.76. The molecule has 0 amide bonds. The van der Waals surface area contributed by atoms with Crippen LogP contribution < -0.4 is 9.47 Å². The van der Waals surface area contributed by atoms with E-state index in [4.69, 9.17) is 18.9 Å². The molecule has 7 heteroatoms. The molecule has 7 nitrogen and oxygen atoms in total. The van der Waals surface area contributed by atoms with Crippen LogP contribution in [0.2, 0.25) is 0 Å². The van der Waals surface area contributed by atoms with E-state index in [-0.39, 0.29) is 18.5 Å². The summed E-state index contributed by atoms with van der Waals surface area (Å²) in [5.74, 6) is -0.359. The van der Waals surface area contributed by atoms with Gasteiger partial charge in [0.15, 0.2) is 5.78 Å². The molecule has 3 aliphatic rings. The SMILES string of the molecule is COc1ccc(OC)c([C@H]2C3=C(CCCC3=O)N=C(C)C2C(=O)OC[C@H]2CCCO2)c1. The fourth-order valence-corrected chi connectivity index (χ4v) is 4.77. The smallest absolute Gasteiger partial charge is 0.315 e. The molecule has 3 atom stereocenters. The number of methoxy groups -OCH3 is 2. The van der Waals surface area contributed by atoms with Crippen molar-refractivity contribution in [2.75, 3.05) is 27.4 Å². The second-order valence-electron chi connectivity index (χ2n) is 8.22. The molecular formula is C24H29NO6. The molecule has 0 spiro atoms. The van der Waals surface area contributed by atoms with Crippen molar-refractivity contribution in [3.63, 3.8) is 0 Å². The summed E-state index contributed by atoms with van der Waals surface area (Å²) < 4.78 is 22.3. The van der Waals surface area contributed by atoms with Crippen LogP contribution in [0.3, 0.4) is 0 Å². The van der Waals surface area contributed by atoms with Crippen LogP contribution in [0.25, 0.3) is 0 Å². The lowest BCUT2D eigenvalue weighted by atomic mass is 9.71. The summed E-state index contributed by atoms with van der Waals surface area (Å²) in [4.78, 5) is 31.0. The van der Waals surface area contributed by atoms with Crippen LogP contribution in [0.15, 0.2) is 34.5 Å². The zero-order chi connectivity index (χ0) is 22.0. The van der Waals surface area contributed by atoms with Gasteiger partial charge in [-0.1, -0.05) is 0 Å². The van der Waals surface area contributed by atoms with Crippen molar-refractivity contribution in [3.8, 4) is 11.5 Å². The Balaban J connectivity index is 1.76. The lowest BCUT2D eigenvalue weighted by molar-refractivity contribution is -0.149. The first-order valence-corrected chi connectivity index (χ1v) is 10.8. The summed E-state index contributed by atoms with van der Waals surface area (Å²) in [5, 5.41) is 0. The maximum absolute atomic E-state index is 13.3. The predicted octanol–water partition coefficient (Wildman–Crippen LogP) is 3.61. The third-order valence-electron chi connectivity index (χ3n) is 6.30. The first-order chi connectivity index (χ1) is 15.0. The van der Waals surface area contributed by atoms with Crippen LogP contribution in [0.1, 0.15) is 50.5 Å². The highest BCUT2D eigenvalue weighted by atomic mass is 16.6. The normalized spacial score (nSPS) is 25.7. The highest BCUT2D eigenvalue weighted by Crippen LogP contribution is 2.47. The number of nitrogens with zero attached hydrogens (tertiary/aromatic N) is 1. The van der Waals surface area contributed by atoms with E-state index < -0.39 is 17.8 Å². The molecule has 0 N–H and O–H groups in total. The van der Waals surface area contributed by atoms with Gasteiger partial charge >= 0.3 is 5.97 Å². The molecule has 0 radical (unpaired) electrons. The number of hydrogen-bond donors (Lipinski definition) is 0. The van der Waals surface area contributed by atoms with Crippen molar-refractivity contribution in [1.82, 2.24) is 0 Å². The summed E-state index contributed by atoms with van der Waals surface area (Å²) in [6.07, 6.45) is 3.73. The molecule has 1 aromatic rings. The minimum absolute atomic E-state index is 0.0318. The van der Waals surface area contributed by atoms with Crippen LogP contribution in [-0.4, -0.2) is 51.0 Å². The number of esters is 1. The Bertz CT molecular complexity index is 928. The molecule has 1 fully saturated rings. The van der Waals surface area contributed by atoms with Crippen LogP contribution in [0, 0.1) is 5.92 Å². The fraction of sp³-hybridized carbons (Fsp3) is 0.542. The Morgan fingerprint density at radius 2 is 2.03 bits per heavy atom. The Labute approximate surface area is 182 Å². The Morgan fingerprint density at radius 3 is 2.74 bits per heavy atom. The van der Waals surface area contributed by atoms with Crippen molar-refractivity contribution >= 4 is 17.5 Å². The van der Waals surface area contributed by atoms with Crippen molar-refractivity contribution in [3.05, 3.63) is 35.0 Å². The van der Waals surface area contributed by atoms with Crippen LogP contribution in [0.4, 0.5) is 0 Å². The molecule has 1 aromatic carbocycles. The van der Waals surface area contributed by atoms with Crippen molar-refractivity contribution in [2.24, 2.45) is 10.9 Å². The lowest BCUT2D eigenvalue weighted by Crippen LogP contribution is -2.38. The summed E-state index contributed by atoms with van der Waals surface area (Å²) in [6.45, 7) is 2.74. The molecular weight excluding hydrogens is 398 g/mol. The third kappa shape index (κ3) is 4.24. The molecule has 1 saturated heterocycles. The van der Waals surface area contributed by atoms with Gasteiger partial charge in [0.25, 0.3) is 0 Å². The average Bonchev–Trinajstić information content (AvgIpc) is 3.30. The second kappa shape index (κ2) is 9.22.